The summed E-state index contributed by atoms with van der Waals surface area (Å²) >= 11 is 0. The number of rotatable bonds is 6. The molecule has 1 aromatic rings. The fourth-order valence-corrected chi connectivity index (χ4v) is 3.68. The summed E-state index contributed by atoms with van der Waals surface area (Å²) in [5, 5.41) is 10.2. The van der Waals surface area contributed by atoms with Crippen molar-refractivity contribution < 1.29 is 28.7 Å². The van der Waals surface area contributed by atoms with Crippen molar-refractivity contribution >= 4 is 11.7 Å². The maximum Gasteiger partial charge on any atom is 0.290 e. The van der Waals surface area contributed by atoms with E-state index in [0.29, 0.717) is 12.1 Å². The second-order valence-electron chi connectivity index (χ2n) is 6.74. The Labute approximate surface area is 151 Å². The minimum absolute atomic E-state index is 0.0410. The number of hydrogen-bond acceptors (Lipinski definition) is 4. The maximum atomic E-state index is 13.7. The number of benzene rings is 1. The first kappa shape index (κ1) is 18.5. The first-order valence-corrected chi connectivity index (χ1v) is 8.91. The van der Waals surface area contributed by atoms with E-state index < -0.39 is 23.5 Å². The molecule has 0 radical (unpaired) electrons. The normalized spacial score (nSPS) is 21.5. The fourth-order valence-electron chi connectivity index (χ4n) is 3.68. The van der Waals surface area contributed by atoms with Gasteiger partial charge in [0.1, 0.15) is 18.9 Å². The van der Waals surface area contributed by atoms with Crippen LogP contribution < -0.4 is 4.90 Å². The number of hydrogen-bond donors (Lipinski definition) is 2. The standard InChI is InChI=1S/C19H23FN2O4/c1-13(23)16-17(14-4-2-5-15(20)12-14)22(19(25)18(16)24)7-3-6-21-8-10-26-11-9-21/h2,4-5,12,17,24H,3,6-11H2,1H3/p+1/t17-/m1/s1. The van der Waals surface area contributed by atoms with Gasteiger partial charge in [0.25, 0.3) is 5.91 Å². The van der Waals surface area contributed by atoms with Crippen molar-refractivity contribution in [1.29, 1.82) is 0 Å². The lowest BCUT2D eigenvalue weighted by Crippen LogP contribution is -3.14. The van der Waals surface area contributed by atoms with Crippen LogP contribution in [0.15, 0.2) is 35.6 Å². The van der Waals surface area contributed by atoms with Crippen LogP contribution in [0.2, 0.25) is 0 Å². The summed E-state index contributed by atoms with van der Waals surface area (Å²) < 4.78 is 19.0. The molecule has 0 spiro atoms. The Balaban J connectivity index is 1.78. The number of morpholine rings is 1. The second kappa shape index (κ2) is 7.97. The molecule has 1 saturated heterocycles. The largest absolute Gasteiger partial charge is 0.503 e. The molecule has 3 rings (SSSR count). The molecular weight excluding hydrogens is 339 g/mol. The average molecular weight is 363 g/mol. The van der Waals surface area contributed by atoms with Gasteiger partial charge in [-0.3, -0.25) is 9.59 Å². The molecule has 2 aliphatic rings. The molecule has 2 heterocycles. The molecule has 0 unspecified atom stereocenters. The summed E-state index contributed by atoms with van der Waals surface area (Å²) in [5.41, 5.74) is 0.533. The third-order valence-corrected chi connectivity index (χ3v) is 4.98. The molecule has 6 nitrogen and oxygen atoms in total. The lowest BCUT2D eigenvalue weighted by Gasteiger charge is -2.28. The summed E-state index contributed by atoms with van der Waals surface area (Å²) in [5.74, 6) is -1.92. The fraction of sp³-hybridized carbons (Fsp3) is 0.474. The number of aliphatic hydroxyl groups excluding tert-OH is 1. The Morgan fingerprint density at radius 3 is 2.77 bits per heavy atom. The third kappa shape index (κ3) is 3.78. The van der Waals surface area contributed by atoms with Gasteiger partial charge in [0.2, 0.25) is 0 Å². The number of ether oxygens (including phenoxy) is 1. The van der Waals surface area contributed by atoms with Crippen molar-refractivity contribution in [3.8, 4) is 0 Å². The smallest absolute Gasteiger partial charge is 0.290 e. The van der Waals surface area contributed by atoms with Crippen molar-refractivity contribution in [2.75, 3.05) is 39.4 Å². The predicted octanol–water partition coefficient (Wildman–Crippen LogP) is 0.415. The van der Waals surface area contributed by atoms with Crippen LogP contribution in [0.25, 0.3) is 0 Å². The summed E-state index contributed by atoms with van der Waals surface area (Å²) in [6, 6.07) is 5.08. The maximum absolute atomic E-state index is 13.7. The SMILES string of the molecule is CC(=O)C1=C(O)C(=O)N(CCC[NH+]2CCOCC2)[C@@H]1c1cccc(F)c1. The van der Waals surface area contributed by atoms with E-state index in [4.69, 9.17) is 4.74 Å². The van der Waals surface area contributed by atoms with Crippen molar-refractivity contribution in [3.63, 3.8) is 0 Å². The second-order valence-corrected chi connectivity index (χ2v) is 6.74. The molecule has 0 aromatic heterocycles. The molecule has 1 atom stereocenters. The van der Waals surface area contributed by atoms with E-state index in [9.17, 15) is 19.1 Å². The number of nitrogens with zero attached hydrogens (tertiary/aromatic N) is 1. The van der Waals surface area contributed by atoms with Gasteiger partial charge in [0.05, 0.1) is 31.4 Å². The van der Waals surface area contributed by atoms with Crippen LogP contribution in [0.3, 0.4) is 0 Å². The molecule has 2 N–H and O–H groups in total. The quantitative estimate of drug-likeness (QED) is 0.768. The van der Waals surface area contributed by atoms with Crippen LogP contribution >= 0.6 is 0 Å². The first-order valence-electron chi connectivity index (χ1n) is 8.91. The van der Waals surface area contributed by atoms with Gasteiger partial charge < -0.3 is 19.6 Å². The Morgan fingerprint density at radius 2 is 2.12 bits per heavy atom. The number of amides is 1. The first-order chi connectivity index (χ1) is 12.5. The van der Waals surface area contributed by atoms with Crippen LogP contribution in [0.1, 0.15) is 24.9 Å². The summed E-state index contributed by atoms with van der Waals surface area (Å²) in [7, 11) is 0. The lowest BCUT2D eigenvalue weighted by molar-refractivity contribution is -0.908. The molecule has 26 heavy (non-hydrogen) atoms. The van der Waals surface area contributed by atoms with E-state index in [1.165, 1.54) is 28.9 Å². The van der Waals surface area contributed by atoms with Crippen molar-refractivity contribution in [3.05, 3.63) is 47.0 Å². The number of aliphatic hydroxyl groups is 1. The van der Waals surface area contributed by atoms with Crippen LogP contribution in [-0.2, 0) is 14.3 Å². The van der Waals surface area contributed by atoms with Crippen LogP contribution in [0.5, 0.6) is 0 Å². The molecule has 0 bridgehead atoms. The summed E-state index contributed by atoms with van der Waals surface area (Å²) in [6.45, 7) is 5.92. The molecule has 0 aliphatic carbocycles. The lowest BCUT2D eigenvalue weighted by atomic mass is 9.96. The predicted molar refractivity (Wildman–Crippen MR) is 92.2 cm³/mol. The third-order valence-electron chi connectivity index (χ3n) is 4.98. The highest BCUT2D eigenvalue weighted by Crippen LogP contribution is 2.37. The number of nitrogens with one attached hydrogen (secondary N) is 1. The molecule has 7 heteroatoms. The van der Waals surface area contributed by atoms with E-state index >= 15 is 0 Å². The van der Waals surface area contributed by atoms with E-state index in [0.717, 1.165) is 39.3 Å². The molecule has 2 aliphatic heterocycles. The molecule has 0 saturated carbocycles. The van der Waals surface area contributed by atoms with Crippen molar-refractivity contribution in [2.24, 2.45) is 0 Å². The molecular formula is C19H24FN2O4+. The Hall–Kier alpha value is -2.25. The monoisotopic (exact) mass is 363 g/mol. The van der Waals surface area contributed by atoms with Gasteiger partial charge in [-0.25, -0.2) is 4.39 Å². The van der Waals surface area contributed by atoms with Gasteiger partial charge in [-0.2, -0.15) is 0 Å². The van der Waals surface area contributed by atoms with Gasteiger partial charge in [0.15, 0.2) is 11.5 Å². The number of ketones is 1. The van der Waals surface area contributed by atoms with E-state index in [1.807, 2.05) is 0 Å². The van der Waals surface area contributed by atoms with Gasteiger partial charge in [-0.15, -0.1) is 0 Å². The van der Waals surface area contributed by atoms with Gasteiger partial charge in [0, 0.05) is 13.0 Å². The Morgan fingerprint density at radius 1 is 1.38 bits per heavy atom. The molecule has 1 aromatic carbocycles. The summed E-state index contributed by atoms with van der Waals surface area (Å²) in [4.78, 5) is 27.4. The molecule has 1 amide bonds. The van der Waals surface area contributed by atoms with E-state index in [2.05, 4.69) is 0 Å². The zero-order valence-electron chi connectivity index (χ0n) is 14.8. The minimum atomic E-state index is -0.740. The highest BCUT2D eigenvalue weighted by molar-refractivity contribution is 6.08. The van der Waals surface area contributed by atoms with Gasteiger partial charge in [-0.05, 0) is 24.6 Å². The minimum Gasteiger partial charge on any atom is -0.503 e. The Kier molecular flexibility index (Phi) is 5.68. The van der Waals surface area contributed by atoms with Gasteiger partial charge >= 0.3 is 0 Å². The number of Topliss-reactive ketones (excluding diaryl/α,β-unsaturated/α-hetero) is 1. The highest BCUT2D eigenvalue weighted by atomic mass is 19.1. The van der Waals surface area contributed by atoms with Gasteiger partial charge in [-0.1, -0.05) is 12.1 Å². The zero-order chi connectivity index (χ0) is 18.7. The van der Waals surface area contributed by atoms with Crippen LogP contribution in [0, 0.1) is 5.82 Å². The van der Waals surface area contributed by atoms with Crippen LogP contribution in [0.4, 0.5) is 4.39 Å². The Bertz CT molecular complexity index is 728. The van der Waals surface area contributed by atoms with Crippen molar-refractivity contribution in [1.82, 2.24) is 4.90 Å². The van der Waals surface area contributed by atoms with Crippen LogP contribution in [-0.4, -0.2) is 61.1 Å². The highest BCUT2D eigenvalue weighted by Gasteiger charge is 2.42. The molecule has 140 valence electrons. The zero-order valence-corrected chi connectivity index (χ0v) is 14.8. The van der Waals surface area contributed by atoms with E-state index in [1.54, 1.807) is 12.1 Å². The van der Waals surface area contributed by atoms with E-state index in [-0.39, 0.29) is 11.4 Å². The molecule has 1 fully saturated rings. The number of halogens is 1. The number of carbonyl (C=O) groups excluding carboxylic acids is 2. The number of carbonyl (C=O) groups is 2. The topological polar surface area (TPSA) is 71.3 Å². The van der Waals surface area contributed by atoms with Crippen molar-refractivity contribution in [2.45, 2.75) is 19.4 Å². The summed E-state index contributed by atoms with van der Waals surface area (Å²) in [6.07, 6.45) is 0.728. The average Bonchev–Trinajstić information content (AvgIpc) is 2.88. The number of quaternary nitrogens is 1.